The maximum Gasteiger partial charge on any atom is 0.0644 e. The first kappa shape index (κ1) is 10.8. The Balaban J connectivity index is 1.89. The summed E-state index contributed by atoms with van der Waals surface area (Å²) >= 11 is 2.11. The molecule has 0 radical (unpaired) electrons. The Labute approximate surface area is 91.2 Å². The number of hydrogen-bond acceptors (Lipinski definition) is 3. The summed E-state index contributed by atoms with van der Waals surface area (Å²) in [5.41, 5.74) is 0.324. The normalized spacial score (nSPS) is 37.9. The van der Waals surface area contributed by atoms with E-state index in [-0.39, 0.29) is 0 Å². The minimum Gasteiger partial charge on any atom is -0.383 e. The van der Waals surface area contributed by atoms with Gasteiger partial charge in [0.05, 0.1) is 6.61 Å². The van der Waals surface area contributed by atoms with Gasteiger partial charge in [0.1, 0.15) is 0 Å². The first-order valence-electron chi connectivity index (χ1n) is 5.66. The maximum atomic E-state index is 5.37. The largest absolute Gasteiger partial charge is 0.383 e. The van der Waals surface area contributed by atoms with Crippen LogP contribution in [-0.2, 0) is 4.74 Å². The van der Waals surface area contributed by atoms with E-state index in [4.69, 9.17) is 4.74 Å². The number of methoxy groups -OCH3 is 1. The molecule has 2 fully saturated rings. The molecule has 2 aliphatic heterocycles. The number of ether oxygens (including phenoxy) is 1. The third kappa shape index (κ3) is 2.44. The Morgan fingerprint density at radius 1 is 1.57 bits per heavy atom. The van der Waals surface area contributed by atoms with Gasteiger partial charge in [-0.2, -0.15) is 11.8 Å². The molecule has 2 atom stereocenters. The highest BCUT2D eigenvalue weighted by molar-refractivity contribution is 7.99. The Kier molecular flexibility index (Phi) is 3.74. The van der Waals surface area contributed by atoms with E-state index in [2.05, 4.69) is 17.1 Å². The van der Waals surface area contributed by atoms with Crippen molar-refractivity contribution in [1.29, 1.82) is 0 Å². The van der Waals surface area contributed by atoms with Crippen LogP contribution < -0.4 is 5.32 Å². The van der Waals surface area contributed by atoms with E-state index in [1.807, 2.05) is 7.11 Å². The highest BCUT2D eigenvalue weighted by Crippen LogP contribution is 2.34. The summed E-state index contributed by atoms with van der Waals surface area (Å²) in [6, 6.07) is 0. The van der Waals surface area contributed by atoms with Crippen molar-refractivity contribution in [2.24, 2.45) is 5.92 Å². The van der Waals surface area contributed by atoms with Gasteiger partial charge in [-0.1, -0.05) is 0 Å². The first-order valence-corrected chi connectivity index (χ1v) is 6.82. The second kappa shape index (κ2) is 4.86. The van der Waals surface area contributed by atoms with Crippen LogP contribution in [0.25, 0.3) is 0 Å². The molecule has 2 saturated heterocycles. The van der Waals surface area contributed by atoms with Crippen LogP contribution in [0.2, 0.25) is 0 Å². The van der Waals surface area contributed by atoms with Crippen molar-refractivity contribution >= 4 is 11.8 Å². The van der Waals surface area contributed by atoms with E-state index in [9.17, 15) is 0 Å². The molecule has 2 rings (SSSR count). The summed E-state index contributed by atoms with van der Waals surface area (Å²) in [6.45, 7) is 2.08. The predicted octanol–water partition coefficient (Wildman–Crippen LogP) is 1.90. The summed E-state index contributed by atoms with van der Waals surface area (Å²) in [4.78, 5) is 0. The van der Waals surface area contributed by atoms with Gasteiger partial charge in [0.25, 0.3) is 0 Å². The van der Waals surface area contributed by atoms with Crippen molar-refractivity contribution in [3.05, 3.63) is 0 Å². The van der Waals surface area contributed by atoms with Crippen molar-refractivity contribution < 1.29 is 4.74 Å². The van der Waals surface area contributed by atoms with Crippen LogP contribution >= 0.6 is 11.8 Å². The molecule has 1 N–H and O–H groups in total. The zero-order chi connectivity index (χ0) is 9.86. The molecule has 82 valence electrons. The predicted molar refractivity (Wildman–Crippen MR) is 61.9 cm³/mol. The average molecular weight is 215 g/mol. The summed E-state index contributed by atoms with van der Waals surface area (Å²) in [5.74, 6) is 3.67. The van der Waals surface area contributed by atoms with E-state index in [1.165, 1.54) is 43.7 Å². The molecule has 14 heavy (non-hydrogen) atoms. The zero-order valence-corrected chi connectivity index (χ0v) is 9.87. The van der Waals surface area contributed by atoms with Gasteiger partial charge in [-0.25, -0.2) is 0 Å². The Morgan fingerprint density at radius 3 is 3.07 bits per heavy atom. The van der Waals surface area contributed by atoms with Gasteiger partial charge in [-0.3, -0.25) is 0 Å². The van der Waals surface area contributed by atoms with Crippen molar-refractivity contribution in [1.82, 2.24) is 5.32 Å². The highest BCUT2D eigenvalue weighted by atomic mass is 32.2. The monoisotopic (exact) mass is 215 g/mol. The first-order chi connectivity index (χ1) is 6.85. The van der Waals surface area contributed by atoms with Crippen LogP contribution in [0.1, 0.15) is 25.7 Å². The Bertz CT molecular complexity index is 174. The second-order valence-corrected chi connectivity index (χ2v) is 5.83. The van der Waals surface area contributed by atoms with Gasteiger partial charge in [0.2, 0.25) is 0 Å². The molecule has 0 saturated carbocycles. The molecule has 0 aromatic carbocycles. The molecule has 3 heteroatoms. The third-order valence-corrected chi connectivity index (χ3v) is 4.69. The van der Waals surface area contributed by atoms with Crippen LogP contribution in [0.4, 0.5) is 0 Å². The lowest BCUT2D eigenvalue weighted by Gasteiger charge is -2.31. The fourth-order valence-electron chi connectivity index (χ4n) is 2.80. The molecule has 0 bridgehead atoms. The van der Waals surface area contributed by atoms with Crippen molar-refractivity contribution in [2.45, 2.75) is 31.2 Å². The third-order valence-electron chi connectivity index (χ3n) is 3.46. The standard InChI is InChI=1S/C11H21NOS/c1-13-9-11(4-2-5-12-11)7-10-3-6-14-8-10/h10,12H,2-9H2,1H3. The number of rotatable bonds is 4. The van der Waals surface area contributed by atoms with Gasteiger partial charge in [0, 0.05) is 12.6 Å². The average Bonchev–Trinajstić information content (AvgIpc) is 2.78. The van der Waals surface area contributed by atoms with E-state index < -0.39 is 0 Å². The number of hydrogen-bond donors (Lipinski definition) is 1. The molecule has 2 nitrogen and oxygen atoms in total. The molecule has 0 spiro atoms. The van der Waals surface area contributed by atoms with E-state index in [0.29, 0.717) is 5.54 Å². The molecule has 2 aliphatic rings. The SMILES string of the molecule is COCC1(CC2CCSC2)CCCN1. The minimum absolute atomic E-state index is 0.324. The molecule has 0 aromatic rings. The van der Waals surface area contributed by atoms with Crippen molar-refractivity contribution in [2.75, 3.05) is 31.8 Å². The van der Waals surface area contributed by atoms with Gasteiger partial charge in [-0.05, 0) is 49.7 Å². The molecular weight excluding hydrogens is 194 g/mol. The van der Waals surface area contributed by atoms with Gasteiger partial charge in [0.15, 0.2) is 0 Å². The molecule has 0 aromatic heterocycles. The van der Waals surface area contributed by atoms with Crippen molar-refractivity contribution in [3.8, 4) is 0 Å². The topological polar surface area (TPSA) is 21.3 Å². The van der Waals surface area contributed by atoms with Gasteiger partial charge >= 0.3 is 0 Å². The fourth-order valence-corrected chi connectivity index (χ4v) is 4.08. The quantitative estimate of drug-likeness (QED) is 0.774. The highest BCUT2D eigenvalue weighted by Gasteiger charge is 2.36. The van der Waals surface area contributed by atoms with Crippen LogP contribution in [0.15, 0.2) is 0 Å². The lowest BCUT2D eigenvalue weighted by Crippen LogP contribution is -2.45. The van der Waals surface area contributed by atoms with E-state index in [0.717, 1.165) is 12.5 Å². The molecular formula is C11H21NOS. The maximum absolute atomic E-state index is 5.37. The Hall–Kier alpha value is 0.270. The summed E-state index contributed by atoms with van der Waals surface area (Å²) in [6.07, 6.45) is 5.37. The lowest BCUT2D eigenvalue weighted by atomic mass is 9.86. The molecule has 0 amide bonds. The smallest absolute Gasteiger partial charge is 0.0644 e. The van der Waals surface area contributed by atoms with Crippen LogP contribution in [0.5, 0.6) is 0 Å². The van der Waals surface area contributed by atoms with Crippen LogP contribution in [-0.4, -0.2) is 37.3 Å². The van der Waals surface area contributed by atoms with Crippen molar-refractivity contribution in [3.63, 3.8) is 0 Å². The van der Waals surface area contributed by atoms with Gasteiger partial charge < -0.3 is 10.1 Å². The zero-order valence-electron chi connectivity index (χ0n) is 9.05. The molecule has 2 heterocycles. The van der Waals surface area contributed by atoms with Gasteiger partial charge in [-0.15, -0.1) is 0 Å². The van der Waals surface area contributed by atoms with E-state index in [1.54, 1.807) is 0 Å². The summed E-state index contributed by atoms with van der Waals surface area (Å²) in [5, 5.41) is 3.66. The summed E-state index contributed by atoms with van der Waals surface area (Å²) < 4.78 is 5.37. The van der Waals surface area contributed by atoms with Crippen LogP contribution in [0.3, 0.4) is 0 Å². The van der Waals surface area contributed by atoms with E-state index >= 15 is 0 Å². The molecule has 0 aliphatic carbocycles. The molecule has 2 unspecified atom stereocenters. The number of nitrogens with one attached hydrogen (secondary N) is 1. The lowest BCUT2D eigenvalue weighted by molar-refractivity contribution is 0.105. The minimum atomic E-state index is 0.324. The Morgan fingerprint density at radius 2 is 2.50 bits per heavy atom. The number of thioether (sulfide) groups is 1. The summed E-state index contributed by atoms with van der Waals surface area (Å²) in [7, 11) is 1.82. The second-order valence-electron chi connectivity index (χ2n) is 4.68. The van der Waals surface area contributed by atoms with Crippen LogP contribution in [0, 0.1) is 5.92 Å². The fraction of sp³-hybridized carbons (Fsp3) is 1.00.